The van der Waals surface area contributed by atoms with Gasteiger partial charge in [0.15, 0.2) is 0 Å². The van der Waals surface area contributed by atoms with Crippen LogP contribution < -0.4 is 16.0 Å². The van der Waals surface area contributed by atoms with Gasteiger partial charge >= 0.3 is 5.69 Å². The summed E-state index contributed by atoms with van der Waals surface area (Å²) in [7, 11) is 0. The molecule has 0 unspecified atom stereocenters. The summed E-state index contributed by atoms with van der Waals surface area (Å²) in [5, 5.41) is 15.2. The Bertz CT molecular complexity index is 1400. The summed E-state index contributed by atoms with van der Waals surface area (Å²) in [6, 6.07) is 19.8. The van der Waals surface area contributed by atoms with Gasteiger partial charge in [-0.1, -0.05) is 24.3 Å². The van der Waals surface area contributed by atoms with Crippen LogP contribution in [0, 0.1) is 10.1 Å². The molecule has 4 aromatic rings. The van der Waals surface area contributed by atoms with E-state index >= 15 is 0 Å². The lowest BCUT2D eigenvalue weighted by molar-refractivity contribution is -0.384. The number of hydrogen-bond donors (Lipinski definition) is 1. The van der Waals surface area contributed by atoms with E-state index in [1.807, 2.05) is 0 Å². The van der Waals surface area contributed by atoms with E-state index in [2.05, 4.69) is 10.1 Å². The van der Waals surface area contributed by atoms with E-state index < -0.39 is 16.2 Å². The van der Waals surface area contributed by atoms with Crippen molar-refractivity contribution < 1.29 is 9.66 Å². The van der Waals surface area contributed by atoms with Crippen molar-refractivity contribution in [2.24, 2.45) is 5.10 Å². The zero-order valence-corrected chi connectivity index (χ0v) is 16.1. The molecule has 3 aromatic carbocycles. The SMILES string of the molecule is O=c1[nH]c2ccccc2c(=O)n1N=Cc1ccc(OCc2cccc([N+](=O)[O-])c2)cc1. The van der Waals surface area contributed by atoms with Crippen LogP contribution >= 0.6 is 0 Å². The molecule has 1 heterocycles. The molecule has 0 aliphatic heterocycles. The van der Waals surface area contributed by atoms with Crippen LogP contribution in [0.3, 0.4) is 0 Å². The van der Waals surface area contributed by atoms with Crippen molar-refractivity contribution in [1.82, 2.24) is 9.66 Å². The molecule has 0 spiro atoms. The zero-order chi connectivity index (χ0) is 21.8. The number of nitrogens with zero attached hydrogens (tertiary/aromatic N) is 3. The minimum absolute atomic E-state index is 0.00609. The average molecular weight is 416 g/mol. The fourth-order valence-electron chi connectivity index (χ4n) is 2.96. The maximum absolute atomic E-state index is 12.5. The molecule has 9 heteroatoms. The summed E-state index contributed by atoms with van der Waals surface area (Å²) >= 11 is 0. The number of H-pyrrole nitrogens is 1. The molecule has 4 rings (SSSR count). The lowest BCUT2D eigenvalue weighted by Crippen LogP contribution is -2.32. The predicted molar refractivity (Wildman–Crippen MR) is 116 cm³/mol. The van der Waals surface area contributed by atoms with Crippen molar-refractivity contribution in [1.29, 1.82) is 0 Å². The standard InChI is InChI=1S/C22H16N4O5/c27-21-19-6-1-2-7-20(19)24-22(28)25(21)23-13-15-8-10-18(11-9-15)31-14-16-4-3-5-17(12-16)26(29)30/h1-13H,14H2,(H,24,28). The van der Waals surface area contributed by atoms with Crippen LogP contribution in [-0.2, 0) is 6.61 Å². The predicted octanol–water partition coefficient (Wildman–Crippen LogP) is 3.06. The molecular weight excluding hydrogens is 400 g/mol. The minimum Gasteiger partial charge on any atom is -0.489 e. The Kier molecular flexibility index (Phi) is 5.39. The number of para-hydroxylation sites is 1. The van der Waals surface area contributed by atoms with Gasteiger partial charge in [0.2, 0.25) is 0 Å². The fourth-order valence-corrected chi connectivity index (χ4v) is 2.96. The van der Waals surface area contributed by atoms with E-state index in [1.54, 1.807) is 60.7 Å². The highest BCUT2D eigenvalue weighted by molar-refractivity contribution is 5.80. The van der Waals surface area contributed by atoms with Crippen molar-refractivity contribution in [2.75, 3.05) is 0 Å². The molecule has 0 radical (unpaired) electrons. The topological polar surface area (TPSA) is 120 Å². The van der Waals surface area contributed by atoms with Crippen molar-refractivity contribution in [2.45, 2.75) is 6.61 Å². The number of fused-ring (bicyclic) bond motifs is 1. The molecule has 0 fully saturated rings. The second-order valence-corrected chi connectivity index (χ2v) is 6.62. The summed E-state index contributed by atoms with van der Waals surface area (Å²) in [5.41, 5.74) is 0.655. The maximum Gasteiger partial charge on any atom is 0.349 e. The van der Waals surface area contributed by atoms with Gasteiger partial charge in [0.1, 0.15) is 12.4 Å². The molecule has 0 aliphatic carbocycles. The first-order valence-electron chi connectivity index (χ1n) is 9.26. The second kappa shape index (κ2) is 8.46. The van der Waals surface area contributed by atoms with Gasteiger partial charge in [0, 0.05) is 12.1 Å². The number of aromatic nitrogens is 2. The second-order valence-electron chi connectivity index (χ2n) is 6.62. The van der Waals surface area contributed by atoms with Crippen molar-refractivity contribution in [3.8, 4) is 5.75 Å². The molecule has 0 saturated heterocycles. The summed E-state index contributed by atoms with van der Waals surface area (Å²) in [5.74, 6) is 0.560. The largest absolute Gasteiger partial charge is 0.489 e. The molecule has 1 aromatic heterocycles. The van der Waals surface area contributed by atoms with Crippen LogP contribution in [0.5, 0.6) is 5.75 Å². The van der Waals surface area contributed by atoms with Crippen LogP contribution in [0.15, 0.2) is 87.5 Å². The Morgan fingerprint density at radius 1 is 1.03 bits per heavy atom. The lowest BCUT2D eigenvalue weighted by atomic mass is 10.2. The van der Waals surface area contributed by atoms with E-state index in [0.717, 1.165) is 4.68 Å². The molecule has 0 bridgehead atoms. The van der Waals surface area contributed by atoms with Gasteiger partial charge in [-0.05, 0) is 47.5 Å². The molecule has 1 N–H and O–H groups in total. The molecule has 154 valence electrons. The number of benzene rings is 3. The number of hydrogen-bond acceptors (Lipinski definition) is 6. The first-order chi connectivity index (χ1) is 15.0. The third-order valence-corrected chi connectivity index (χ3v) is 4.51. The van der Waals surface area contributed by atoms with Gasteiger partial charge in [0.25, 0.3) is 11.2 Å². The van der Waals surface area contributed by atoms with Crippen LogP contribution in [0.25, 0.3) is 10.9 Å². The lowest BCUT2D eigenvalue weighted by Gasteiger charge is -2.06. The van der Waals surface area contributed by atoms with Gasteiger partial charge < -0.3 is 9.72 Å². The normalized spacial score (nSPS) is 11.1. The van der Waals surface area contributed by atoms with Gasteiger partial charge in [-0.3, -0.25) is 14.9 Å². The first kappa shape index (κ1) is 19.8. The fraction of sp³-hybridized carbons (Fsp3) is 0.0455. The van der Waals surface area contributed by atoms with Gasteiger partial charge in [-0.15, -0.1) is 4.68 Å². The van der Waals surface area contributed by atoms with E-state index in [9.17, 15) is 19.7 Å². The number of non-ortho nitro benzene ring substituents is 1. The monoisotopic (exact) mass is 416 g/mol. The minimum atomic E-state index is -0.628. The van der Waals surface area contributed by atoms with Crippen molar-refractivity contribution in [3.05, 3.63) is 115 Å². The molecule has 0 saturated carbocycles. The highest BCUT2D eigenvalue weighted by Gasteiger charge is 2.07. The smallest absolute Gasteiger partial charge is 0.349 e. The highest BCUT2D eigenvalue weighted by Crippen LogP contribution is 2.17. The third-order valence-electron chi connectivity index (χ3n) is 4.51. The number of aromatic amines is 1. The molecule has 0 atom stereocenters. The van der Waals surface area contributed by atoms with E-state index in [4.69, 9.17) is 4.74 Å². The van der Waals surface area contributed by atoms with Crippen molar-refractivity contribution in [3.63, 3.8) is 0 Å². The molecule has 9 nitrogen and oxygen atoms in total. The number of nitrogens with one attached hydrogen (secondary N) is 1. The van der Waals surface area contributed by atoms with Crippen LogP contribution in [0.4, 0.5) is 5.69 Å². The van der Waals surface area contributed by atoms with Crippen LogP contribution in [0.1, 0.15) is 11.1 Å². The number of ether oxygens (including phenoxy) is 1. The summed E-state index contributed by atoms with van der Waals surface area (Å²) in [4.78, 5) is 37.6. The molecule has 0 aliphatic rings. The quantitative estimate of drug-likeness (QED) is 0.294. The zero-order valence-electron chi connectivity index (χ0n) is 16.1. The van der Waals surface area contributed by atoms with E-state index in [0.29, 0.717) is 27.8 Å². The van der Waals surface area contributed by atoms with Gasteiger partial charge in [-0.2, -0.15) is 5.10 Å². The number of rotatable bonds is 6. The molecule has 0 amide bonds. The Morgan fingerprint density at radius 2 is 1.81 bits per heavy atom. The summed E-state index contributed by atoms with van der Waals surface area (Å²) in [6.45, 7) is 0.178. The number of nitro benzene ring substituents is 1. The molecular formula is C22H16N4O5. The maximum atomic E-state index is 12.5. The Hall–Kier alpha value is -4.53. The molecule has 31 heavy (non-hydrogen) atoms. The van der Waals surface area contributed by atoms with Gasteiger partial charge in [-0.25, -0.2) is 4.79 Å². The van der Waals surface area contributed by atoms with E-state index in [-0.39, 0.29) is 12.3 Å². The summed E-state index contributed by atoms with van der Waals surface area (Å²) < 4.78 is 6.43. The third kappa shape index (κ3) is 4.40. The summed E-state index contributed by atoms with van der Waals surface area (Å²) in [6.07, 6.45) is 1.40. The van der Waals surface area contributed by atoms with Crippen molar-refractivity contribution >= 4 is 22.8 Å². The van der Waals surface area contributed by atoms with Gasteiger partial charge in [0.05, 0.1) is 22.0 Å². The Labute approximate surface area is 175 Å². The van der Waals surface area contributed by atoms with E-state index in [1.165, 1.54) is 18.3 Å². The first-order valence-corrected chi connectivity index (χ1v) is 9.26. The Morgan fingerprint density at radius 3 is 2.58 bits per heavy atom. The Balaban J connectivity index is 1.48. The number of nitro groups is 1. The van der Waals surface area contributed by atoms with Crippen LogP contribution in [-0.4, -0.2) is 20.8 Å². The average Bonchev–Trinajstić information content (AvgIpc) is 2.78. The van der Waals surface area contributed by atoms with Crippen LogP contribution in [0.2, 0.25) is 0 Å². The highest BCUT2D eigenvalue weighted by atomic mass is 16.6.